The molecule has 0 radical (unpaired) electrons. The topological polar surface area (TPSA) is 0 Å². The zero-order chi connectivity index (χ0) is 12.5. The summed E-state index contributed by atoms with van der Waals surface area (Å²) in [5.74, 6) is 3.13. The molecule has 0 heterocycles. The lowest BCUT2D eigenvalue weighted by molar-refractivity contribution is 0.313. The van der Waals surface area contributed by atoms with Gasteiger partial charge in [-0.2, -0.15) is 0 Å². The lowest BCUT2D eigenvalue weighted by Crippen LogP contribution is -2.16. The second kappa shape index (κ2) is 5.66. The molecule has 2 heteroatoms. The smallest absolute Gasteiger partial charge is 0.0188 e. The Kier molecular flexibility index (Phi) is 4.15. The molecule has 3 rings (SSSR count). The fraction of sp³-hybridized carbons (Fsp3) is 0.625. The Labute approximate surface area is 127 Å². The van der Waals surface area contributed by atoms with Gasteiger partial charge >= 0.3 is 0 Å². The van der Waals surface area contributed by atoms with Crippen molar-refractivity contribution < 1.29 is 0 Å². The Bertz CT molecular complexity index is 415. The minimum absolute atomic E-state index is 0.649. The fourth-order valence-electron chi connectivity index (χ4n) is 4.00. The Morgan fingerprint density at radius 2 is 2.11 bits per heavy atom. The Morgan fingerprint density at radius 1 is 1.22 bits per heavy atom. The molecule has 2 fully saturated rings. The minimum Gasteiger partial charge on any atom is -0.0887 e. The standard InChI is InChI=1S/C16H20Br2/c17-15-3-1-2-11(8-15)9-16(18)10-14-7-12-4-5-13(14)6-12/h1-3,8,12-14,16H,4-7,9-10H2. The number of alkyl halides is 1. The van der Waals surface area contributed by atoms with Gasteiger partial charge in [-0.05, 0) is 67.6 Å². The van der Waals surface area contributed by atoms with Crippen LogP contribution in [0.25, 0.3) is 0 Å². The van der Waals surface area contributed by atoms with Crippen LogP contribution >= 0.6 is 31.9 Å². The van der Waals surface area contributed by atoms with Crippen molar-refractivity contribution in [3.8, 4) is 0 Å². The molecular formula is C16H20Br2. The number of hydrogen-bond donors (Lipinski definition) is 0. The van der Waals surface area contributed by atoms with Crippen LogP contribution in [0.4, 0.5) is 0 Å². The summed E-state index contributed by atoms with van der Waals surface area (Å²) in [5, 5.41) is 0. The van der Waals surface area contributed by atoms with Crippen molar-refractivity contribution in [2.75, 3.05) is 0 Å². The number of hydrogen-bond acceptors (Lipinski definition) is 0. The van der Waals surface area contributed by atoms with Crippen LogP contribution in [0.2, 0.25) is 0 Å². The monoisotopic (exact) mass is 370 g/mol. The lowest BCUT2D eigenvalue weighted by atomic mass is 9.85. The summed E-state index contributed by atoms with van der Waals surface area (Å²) >= 11 is 7.46. The lowest BCUT2D eigenvalue weighted by Gasteiger charge is -2.24. The molecule has 0 nitrogen and oxygen atoms in total. The van der Waals surface area contributed by atoms with Crippen molar-refractivity contribution in [2.24, 2.45) is 17.8 Å². The molecule has 4 unspecified atom stereocenters. The molecule has 18 heavy (non-hydrogen) atoms. The molecule has 2 saturated carbocycles. The third-order valence-electron chi connectivity index (χ3n) is 4.79. The first kappa shape index (κ1) is 13.2. The van der Waals surface area contributed by atoms with Gasteiger partial charge < -0.3 is 0 Å². The molecule has 2 aliphatic rings. The highest BCUT2D eigenvalue weighted by Gasteiger charge is 2.39. The Morgan fingerprint density at radius 3 is 2.78 bits per heavy atom. The van der Waals surface area contributed by atoms with Crippen LogP contribution < -0.4 is 0 Å². The quantitative estimate of drug-likeness (QED) is 0.606. The largest absolute Gasteiger partial charge is 0.0887 e. The molecular weight excluding hydrogens is 352 g/mol. The van der Waals surface area contributed by atoms with E-state index in [-0.39, 0.29) is 0 Å². The van der Waals surface area contributed by atoms with Crippen LogP contribution in [0.15, 0.2) is 28.7 Å². The van der Waals surface area contributed by atoms with Gasteiger partial charge in [-0.15, -0.1) is 0 Å². The zero-order valence-electron chi connectivity index (χ0n) is 10.6. The van der Waals surface area contributed by atoms with E-state index in [4.69, 9.17) is 0 Å². The summed E-state index contributed by atoms with van der Waals surface area (Å²) in [6.07, 6.45) is 8.58. The summed E-state index contributed by atoms with van der Waals surface area (Å²) in [4.78, 5) is 0.649. The van der Waals surface area contributed by atoms with E-state index in [2.05, 4.69) is 56.1 Å². The Hall–Kier alpha value is 0.180. The van der Waals surface area contributed by atoms with E-state index < -0.39 is 0 Å². The highest BCUT2D eigenvalue weighted by atomic mass is 79.9. The van der Waals surface area contributed by atoms with Gasteiger partial charge in [0.1, 0.15) is 0 Å². The van der Waals surface area contributed by atoms with Gasteiger partial charge in [0.05, 0.1) is 0 Å². The van der Waals surface area contributed by atoms with Crippen LogP contribution in [0.3, 0.4) is 0 Å². The molecule has 0 spiro atoms. The number of rotatable bonds is 4. The molecule has 4 atom stereocenters. The Balaban J connectivity index is 1.54. The summed E-state index contributed by atoms with van der Waals surface area (Å²) in [6, 6.07) is 8.72. The van der Waals surface area contributed by atoms with Crippen molar-refractivity contribution in [2.45, 2.75) is 43.4 Å². The van der Waals surface area contributed by atoms with Gasteiger partial charge in [-0.1, -0.05) is 50.4 Å². The molecule has 2 bridgehead atoms. The first-order valence-electron chi connectivity index (χ1n) is 7.09. The van der Waals surface area contributed by atoms with Crippen molar-refractivity contribution in [3.05, 3.63) is 34.3 Å². The van der Waals surface area contributed by atoms with Gasteiger partial charge in [0.15, 0.2) is 0 Å². The summed E-state index contributed by atoms with van der Waals surface area (Å²) < 4.78 is 1.19. The summed E-state index contributed by atoms with van der Waals surface area (Å²) in [5.41, 5.74) is 1.44. The van der Waals surface area contributed by atoms with E-state index in [1.807, 2.05) is 0 Å². The van der Waals surface area contributed by atoms with E-state index in [0.29, 0.717) is 4.83 Å². The maximum Gasteiger partial charge on any atom is 0.0188 e. The van der Waals surface area contributed by atoms with E-state index >= 15 is 0 Å². The van der Waals surface area contributed by atoms with Crippen molar-refractivity contribution >= 4 is 31.9 Å². The molecule has 0 amide bonds. The minimum atomic E-state index is 0.649. The number of fused-ring (bicyclic) bond motifs is 2. The third-order valence-corrected chi connectivity index (χ3v) is 5.98. The van der Waals surface area contributed by atoms with Gasteiger partial charge in [0.2, 0.25) is 0 Å². The van der Waals surface area contributed by atoms with E-state index in [9.17, 15) is 0 Å². The number of benzene rings is 1. The van der Waals surface area contributed by atoms with Gasteiger partial charge in [-0.25, -0.2) is 0 Å². The first-order valence-corrected chi connectivity index (χ1v) is 8.80. The maximum atomic E-state index is 3.91. The number of halogens is 2. The normalized spacial score (nSPS) is 31.8. The summed E-state index contributed by atoms with van der Waals surface area (Å²) in [7, 11) is 0. The molecule has 0 aromatic heterocycles. The van der Waals surface area contributed by atoms with Crippen LogP contribution in [0.5, 0.6) is 0 Å². The van der Waals surface area contributed by atoms with Crippen molar-refractivity contribution in [1.29, 1.82) is 0 Å². The molecule has 0 aliphatic heterocycles. The molecule has 1 aromatic rings. The van der Waals surface area contributed by atoms with Gasteiger partial charge in [0.25, 0.3) is 0 Å². The van der Waals surface area contributed by atoms with Crippen LogP contribution in [0.1, 0.15) is 37.7 Å². The van der Waals surface area contributed by atoms with E-state index in [1.165, 1.54) is 42.1 Å². The van der Waals surface area contributed by atoms with Gasteiger partial charge in [0, 0.05) is 9.30 Å². The SMILES string of the molecule is Brc1cccc(CC(Br)CC2CC3CCC2C3)c1. The van der Waals surface area contributed by atoms with Gasteiger partial charge in [-0.3, -0.25) is 0 Å². The highest BCUT2D eigenvalue weighted by molar-refractivity contribution is 9.10. The molecule has 0 saturated heterocycles. The molecule has 98 valence electrons. The molecule has 1 aromatic carbocycles. The van der Waals surface area contributed by atoms with Crippen LogP contribution in [0, 0.1) is 17.8 Å². The van der Waals surface area contributed by atoms with E-state index in [0.717, 1.165) is 24.2 Å². The predicted molar refractivity (Wildman–Crippen MR) is 84.1 cm³/mol. The second-order valence-electron chi connectivity index (χ2n) is 6.10. The molecule has 2 aliphatic carbocycles. The van der Waals surface area contributed by atoms with Crippen molar-refractivity contribution in [1.82, 2.24) is 0 Å². The third kappa shape index (κ3) is 3.01. The van der Waals surface area contributed by atoms with Crippen molar-refractivity contribution in [3.63, 3.8) is 0 Å². The highest BCUT2D eigenvalue weighted by Crippen LogP contribution is 2.50. The molecule has 0 N–H and O–H groups in total. The zero-order valence-corrected chi connectivity index (χ0v) is 13.8. The average Bonchev–Trinajstić information content (AvgIpc) is 2.90. The fourth-order valence-corrected chi connectivity index (χ4v) is 5.30. The van der Waals surface area contributed by atoms with E-state index in [1.54, 1.807) is 0 Å². The van der Waals surface area contributed by atoms with Crippen LogP contribution in [-0.2, 0) is 6.42 Å². The summed E-state index contributed by atoms with van der Waals surface area (Å²) in [6.45, 7) is 0. The average molecular weight is 372 g/mol. The first-order chi connectivity index (χ1) is 8.70. The second-order valence-corrected chi connectivity index (χ2v) is 8.31. The predicted octanol–water partition coefficient (Wildman–Crippen LogP) is 5.58. The van der Waals surface area contributed by atoms with Crippen LogP contribution in [-0.4, -0.2) is 4.83 Å². The maximum absolute atomic E-state index is 3.91.